The van der Waals surface area contributed by atoms with E-state index in [0.717, 1.165) is 12.1 Å². The van der Waals surface area contributed by atoms with Gasteiger partial charge < -0.3 is 4.90 Å². The molecule has 0 spiro atoms. The van der Waals surface area contributed by atoms with Crippen LogP contribution in [0.2, 0.25) is 0 Å². The predicted octanol–water partition coefficient (Wildman–Crippen LogP) is 4.28. The molecule has 0 saturated carbocycles. The van der Waals surface area contributed by atoms with Crippen LogP contribution in [0.5, 0.6) is 0 Å². The lowest BCUT2D eigenvalue weighted by Gasteiger charge is -2.19. The Morgan fingerprint density at radius 2 is 1.79 bits per heavy atom. The van der Waals surface area contributed by atoms with E-state index in [1.54, 1.807) is 0 Å². The van der Waals surface area contributed by atoms with Crippen molar-refractivity contribution in [3.63, 3.8) is 0 Å². The van der Waals surface area contributed by atoms with Gasteiger partial charge >= 0.3 is 6.18 Å². The molecule has 154 valence electrons. The fourth-order valence-electron chi connectivity index (χ4n) is 3.76. The highest BCUT2D eigenvalue weighted by molar-refractivity contribution is 6.04. The highest BCUT2D eigenvalue weighted by Gasteiger charge is 2.45. The van der Waals surface area contributed by atoms with Gasteiger partial charge in [0.05, 0.1) is 5.56 Å². The molecular formula is C21H18F5NO2. The number of likely N-dealkylation sites (tertiary alicyclic amines) is 1. The van der Waals surface area contributed by atoms with Crippen molar-refractivity contribution in [2.24, 2.45) is 5.92 Å². The average Bonchev–Trinajstić information content (AvgIpc) is 2.94. The van der Waals surface area contributed by atoms with Gasteiger partial charge in [-0.1, -0.05) is 24.3 Å². The van der Waals surface area contributed by atoms with Crippen LogP contribution in [0.3, 0.4) is 0 Å². The van der Waals surface area contributed by atoms with E-state index >= 15 is 0 Å². The number of alkyl halides is 3. The Morgan fingerprint density at radius 3 is 2.45 bits per heavy atom. The number of ketones is 1. The Kier molecular flexibility index (Phi) is 5.47. The Balaban J connectivity index is 1.97. The van der Waals surface area contributed by atoms with Gasteiger partial charge in [-0.2, -0.15) is 13.2 Å². The number of hydrogen-bond donors (Lipinski definition) is 0. The fourth-order valence-corrected chi connectivity index (χ4v) is 3.76. The van der Waals surface area contributed by atoms with Crippen molar-refractivity contribution >= 4 is 11.7 Å². The summed E-state index contributed by atoms with van der Waals surface area (Å²) in [4.78, 5) is 26.7. The molecule has 29 heavy (non-hydrogen) atoms. The first-order chi connectivity index (χ1) is 13.5. The van der Waals surface area contributed by atoms with Gasteiger partial charge in [0.25, 0.3) is 0 Å². The van der Waals surface area contributed by atoms with Crippen LogP contribution in [0.25, 0.3) is 0 Å². The Morgan fingerprint density at radius 1 is 1.14 bits per heavy atom. The van der Waals surface area contributed by atoms with Gasteiger partial charge in [0.1, 0.15) is 23.3 Å². The molecule has 2 aromatic rings. The molecule has 1 aliphatic rings. The van der Waals surface area contributed by atoms with Gasteiger partial charge in [0.2, 0.25) is 5.91 Å². The highest BCUT2D eigenvalue weighted by atomic mass is 19.4. The number of carbonyl (C=O) groups excluding carboxylic acids is 2. The topological polar surface area (TPSA) is 37.4 Å². The molecule has 8 heteroatoms. The third-order valence-electron chi connectivity index (χ3n) is 5.30. The van der Waals surface area contributed by atoms with Crippen LogP contribution in [-0.2, 0) is 22.2 Å². The molecule has 1 heterocycles. The lowest BCUT2D eigenvalue weighted by atomic mass is 9.82. The summed E-state index contributed by atoms with van der Waals surface area (Å²) in [5, 5.41) is 0. The zero-order valence-electron chi connectivity index (χ0n) is 15.7. The smallest absolute Gasteiger partial charge is 0.344 e. The molecule has 0 N–H and O–H groups in total. The minimum absolute atomic E-state index is 0.00376. The Labute approximate surface area is 164 Å². The number of halogens is 5. The molecule has 0 radical (unpaired) electrons. The molecule has 2 aromatic carbocycles. The van der Waals surface area contributed by atoms with Crippen molar-refractivity contribution in [3.05, 3.63) is 70.3 Å². The number of carbonyl (C=O) groups is 2. The summed E-state index contributed by atoms with van der Waals surface area (Å²) < 4.78 is 67.9. The third kappa shape index (κ3) is 3.88. The summed E-state index contributed by atoms with van der Waals surface area (Å²) >= 11 is 0. The summed E-state index contributed by atoms with van der Waals surface area (Å²) in [6, 6.07) is 6.87. The number of likely N-dealkylation sites (N-methyl/N-ethyl adjacent to an activating group) is 1. The summed E-state index contributed by atoms with van der Waals surface area (Å²) in [5.41, 5.74) is -1.43. The van der Waals surface area contributed by atoms with E-state index in [4.69, 9.17) is 0 Å². The van der Waals surface area contributed by atoms with Gasteiger partial charge in [-0.05, 0) is 30.2 Å². The van der Waals surface area contributed by atoms with Crippen LogP contribution in [-0.4, -0.2) is 30.2 Å². The number of Topliss-reactive ketones (excluding diaryl/α,β-unsaturated/α-hetero) is 1. The number of hydrogen-bond acceptors (Lipinski definition) is 2. The fraction of sp³-hybridized carbons (Fsp3) is 0.333. The molecule has 0 bridgehead atoms. The van der Waals surface area contributed by atoms with E-state index in [2.05, 4.69) is 0 Å². The third-order valence-corrected chi connectivity index (χ3v) is 5.30. The quantitative estimate of drug-likeness (QED) is 0.557. The van der Waals surface area contributed by atoms with E-state index in [1.807, 2.05) is 0 Å². The summed E-state index contributed by atoms with van der Waals surface area (Å²) in [5.74, 6) is -5.18. The van der Waals surface area contributed by atoms with Gasteiger partial charge in [-0.3, -0.25) is 9.59 Å². The van der Waals surface area contributed by atoms with Crippen molar-refractivity contribution in [1.29, 1.82) is 0 Å². The summed E-state index contributed by atoms with van der Waals surface area (Å²) in [7, 11) is 1.43. The van der Waals surface area contributed by atoms with E-state index in [-0.39, 0.29) is 23.2 Å². The predicted molar refractivity (Wildman–Crippen MR) is 95.1 cm³/mol. The molecule has 0 unspecified atom stereocenters. The standard InChI is InChI=1S/C21H18F5NO2/c1-11-16(22)8-7-13(19(11)23)14-10-27(2)20(29)18(14)17(28)9-12-5-3-4-6-15(12)21(24,25)26/h3-8,14,18H,9-10H2,1-2H3/t14-,18+/m1/s1. The number of benzene rings is 2. The highest BCUT2D eigenvalue weighted by Crippen LogP contribution is 2.38. The second kappa shape index (κ2) is 7.57. The van der Waals surface area contributed by atoms with E-state index in [9.17, 15) is 31.5 Å². The summed E-state index contributed by atoms with van der Waals surface area (Å²) in [6.07, 6.45) is -5.26. The van der Waals surface area contributed by atoms with Crippen LogP contribution in [0.15, 0.2) is 36.4 Å². The van der Waals surface area contributed by atoms with Crippen LogP contribution in [0, 0.1) is 24.5 Å². The average molecular weight is 411 g/mol. The molecule has 1 amide bonds. The molecule has 1 fully saturated rings. The van der Waals surface area contributed by atoms with Crippen molar-refractivity contribution in [3.8, 4) is 0 Å². The molecule has 2 atom stereocenters. The minimum atomic E-state index is -4.65. The molecule has 0 aliphatic carbocycles. The number of amides is 1. The first-order valence-corrected chi connectivity index (χ1v) is 8.89. The Hall–Kier alpha value is -2.77. The SMILES string of the molecule is Cc1c(F)ccc([C@H]2CN(C)C(=O)[C@@H]2C(=O)Cc2ccccc2C(F)(F)F)c1F. The maximum absolute atomic E-state index is 14.6. The molecule has 3 nitrogen and oxygen atoms in total. The summed E-state index contributed by atoms with van der Waals surface area (Å²) in [6.45, 7) is 1.25. The van der Waals surface area contributed by atoms with Crippen molar-refractivity contribution in [1.82, 2.24) is 4.90 Å². The molecule has 3 rings (SSSR count). The van der Waals surface area contributed by atoms with Crippen molar-refractivity contribution in [2.75, 3.05) is 13.6 Å². The first-order valence-electron chi connectivity index (χ1n) is 8.89. The second-order valence-electron chi connectivity index (χ2n) is 7.18. The van der Waals surface area contributed by atoms with Gasteiger partial charge in [-0.15, -0.1) is 0 Å². The molecule has 1 aliphatic heterocycles. The van der Waals surface area contributed by atoms with Crippen LogP contribution >= 0.6 is 0 Å². The number of rotatable bonds is 4. The monoisotopic (exact) mass is 411 g/mol. The molecular weight excluding hydrogens is 393 g/mol. The zero-order chi connectivity index (χ0) is 21.5. The normalized spacial score (nSPS) is 19.7. The van der Waals surface area contributed by atoms with Gasteiger partial charge in [0, 0.05) is 31.5 Å². The first kappa shape index (κ1) is 21.0. The van der Waals surface area contributed by atoms with Crippen LogP contribution in [0.4, 0.5) is 22.0 Å². The van der Waals surface area contributed by atoms with E-state index in [0.29, 0.717) is 0 Å². The number of nitrogens with zero attached hydrogens (tertiary/aromatic N) is 1. The second-order valence-corrected chi connectivity index (χ2v) is 7.18. The lowest BCUT2D eigenvalue weighted by Crippen LogP contribution is -2.30. The molecule has 0 aromatic heterocycles. The maximum atomic E-state index is 14.6. The van der Waals surface area contributed by atoms with Crippen LogP contribution < -0.4 is 0 Å². The van der Waals surface area contributed by atoms with Gasteiger partial charge in [-0.25, -0.2) is 8.78 Å². The molecule has 1 saturated heterocycles. The van der Waals surface area contributed by atoms with Crippen LogP contribution in [0.1, 0.15) is 28.2 Å². The maximum Gasteiger partial charge on any atom is 0.416 e. The van der Waals surface area contributed by atoms with E-state index < -0.39 is 53.3 Å². The van der Waals surface area contributed by atoms with E-state index in [1.165, 1.54) is 43.1 Å². The minimum Gasteiger partial charge on any atom is -0.344 e. The van der Waals surface area contributed by atoms with Gasteiger partial charge in [0.15, 0.2) is 0 Å². The zero-order valence-corrected chi connectivity index (χ0v) is 15.7. The largest absolute Gasteiger partial charge is 0.416 e. The Bertz CT molecular complexity index is 970. The lowest BCUT2D eigenvalue weighted by molar-refractivity contribution is -0.138. The van der Waals surface area contributed by atoms with Crippen molar-refractivity contribution in [2.45, 2.75) is 25.4 Å². The van der Waals surface area contributed by atoms with Crippen molar-refractivity contribution < 1.29 is 31.5 Å².